The van der Waals surface area contributed by atoms with Crippen molar-refractivity contribution in [3.8, 4) is 0 Å². The molecule has 0 aliphatic rings. The Morgan fingerprint density at radius 1 is 1.70 bits per heavy atom. The molecule has 1 amide bonds. The Balaban J connectivity index is 3.61. The summed E-state index contributed by atoms with van der Waals surface area (Å²) in [7, 11) is 0. The molecule has 0 fully saturated rings. The van der Waals surface area contributed by atoms with Gasteiger partial charge in [-0.25, -0.2) is 5.90 Å². The molecule has 0 radical (unpaired) electrons. The zero-order valence-corrected chi connectivity index (χ0v) is 6.17. The molecule has 0 aromatic heterocycles. The molecule has 4 heteroatoms. The van der Waals surface area contributed by atoms with Gasteiger partial charge >= 0.3 is 0 Å². The Hall–Kier alpha value is -0.610. The number of rotatable bonds is 5. The second-order valence-electron chi connectivity index (χ2n) is 2.22. The number of hydrogen-bond acceptors (Lipinski definition) is 3. The maximum absolute atomic E-state index is 10.6. The number of hydrogen-bond donors (Lipinski definition) is 2. The molecule has 0 bridgehead atoms. The molecule has 1 atom stereocenters. The van der Waals surface area contributed by atoms with E-state index >= 15 is 0 Å². The van der Waals surface area contributed by atoms with Crippen molar-refractivity contribution in [3.63, 3.8) is 0 Å². The molecule has 0 saturated heterocycles. The fourth-order valence-corrected chi connectivity index (χ4v) is 0.772. The molecule has 4 N–H and O–H groups in total. The van der Waals surface area contributed by atoms with E-state index < -0.39 is 0 Å². The van der Waals surface area contributed by atoms with Gasteiger partial charge in [-0.05, 0) is 6.42 Å². The standard InChI is InChI=1S/C6H14N2O2/c1-2-3-5(4-10-8)6(7)9/h5H,2-4,8H2,1H3,(H2,7,9). The first-order valence-corrected chi connectivity index (χ1v) is 3.33. The lowest BCUT2D eigenvalue weighted by Crippen LogP contribution is -2.28. The molecule has 0 aliphatic heterocycles. The van der Waals surface area contributed by atoms with Crippen molar-refractivity contribution >= 4 is 5.91 Å². The lowest BCUT2D eigenvalue weighted by atomic mass is 10.1. The van der Waals surface area contributed by atoms with Gasteiger partial charge < -0.3 is 10.6 Å². The summed E-state index contributed by atoms with van der Waals surface area (Å²) in [5.74, 6) is 4.22. The second-order valence-corrected chi connectivity index (χ2v) is 2.22. The number of nitrogens with two attached hydrogens (primary N) is 2. The predicted octanol–water partition coefficient (Wildman–Crippen LogP) is -0.222. The van der Waals surface area contributed by atoms with Crippen molar-refractivity contribution in [2.75, 3.05) is 6.61 Å². The fraction of sp³-hybridized carbons (Fsp3) is 0.833. The molecule has 0 aromatic rings. The highest BCUT2D eigenvalue weighted by atomic mass is 16.6. The molecule has 0 spiro atoms. The minimum absolute atomic E-state index is 0.225. The molecule has 10 heavy (non-hydrogen) atoms. The Labute approximate surface area is 60.5 Å². The van der Waals surface area contributed by atoms with Crippen LogP contribution in [0.25, 0.3) is 0 Å². The van der Waals surface area contributed by atoms with Crippen molar-refractivity contribution in [1.29, 1.82) is 0 Å². The summed E-state index contributed by atoms with van der Waals surface area (Å²) in [4.78, 5) is 14.9. The molecule has 0 rings (SSSR count). The van der Waals surface area contributed by atoms with Crippen LogP contribution < -0.4 is 11.6 Å². The quantitative estimate of drug-likeness (QED) is 0.526. The van der Waals surface area contributed by atoms with Crippen LogP contribution in [-0.2, 0) is 9.63 Å². The van der Waals surface area contributed by atoms with Crippen LogP contribution in [0.1, 0.15) is 19.8 Å². The molecule has 1 unspecified atom stereocenters. The summed E-state index contributed by atoms with van der Waals surface area (Å²) in [6, 6.07) is 0. The van der Waals surface area contributed by atoms with E-state index in [2.05, 4.69) is 4.84 Å². The van der Waals surface area contributed by atoms with Crippen molar-refractivity contribution in [1.82, 2.24) is 0 Å². The summed E-state index contributed by atoms with van der Waals surface area (Å²) < 4.78 is 0. The summed E-state index contributed by atoms with van der Waals surface area (Å²) >= 11 is 0. The van der Waals surface area contributed by atoms with Gasteiger partial charge in [0, 0.05) is 0 Å². The number of primary amides is 1. The van der Waals surface area contributed by atoms with Gasteiger partial charge in [-0.15, -0.1) is 0 Å². The lowest BCUT2D eigenvalue weighted by molar-refractivity contribution is -0.124. The van der Waals surface area contributed by atoms with Gasteiger partial charge in [0.1, 0.15) is 0 Å². The highest BCUT2D eigenvalue weighted by Gasteiger charge is 2.13. The van der Waals surface area contributed by atoms with E-state index in [0.717, 1.165) is 12.8 Å². The van der Waals surface area contributed by atoms with Gasteiger partial charge in [-0.1, -0.05) is 13.3 Å². The Morgan fingerprint density at radius 2 is 2.30 bits per heavy atom. The van der Waals surface area contributed by atoms with E-state index in [0.29, 0.717) is 0 Å². The molecule has 60 valence electrons. The third kappa shape index (κ3) is 3.42. The molecule has 0 aromatic carbocycles. The zero-order chi connectivity index (χ0) is 7.98. The van der Waals surface area contributed by atoms with E-state index in [4.69, 9.17) is 11.6 Å². The fourth-order valence-electron chi connectivity index (χ4n) is 0.772. The number of carbonyl (C=O) groups excluding carboxylic acids is 1. The minimum atomic E-state index is -0.340. The average molecular weight is 146 g/mol. The highest BCUT2D eigenvalue weighted by Crippen LogP contribution is 2.04. The first-order valence-electron chi connectivity index (χ1n) is 3.33. The van der Waals surface area contributed by atoms with Crippen LogP contribution in [0.4, 0.5) is 0 Å². The Morgan fingerprint density at radius 3 is 2.60 bits per heavy atom. The molecule has 0 saturated carbocycles. The molecular formula is C6H14N2O2. The van der Waals surface area contributed by atoms with Crippen molar-refractivity contribution < 1.29 is 9.63 Å². The van der Waals surface area contributed by atoms with E-state index in [1.807, 2.05) is 6.92 Å². The van der Waals surface area contributed by atoms with E-state index in [-0.39, 0.29) is 18.4 Å². The third-order valence-electron chi connectivity index (χ3n) is 1.34. The van der Waals surface area contributed by atoms with Gasteiger partial charge in [0.15, 0.2) is 0 Å². The first-order chi connectivity index (χ1) is 4.72. The number of carbonyl (C=O) groups is 1. The van der Waals surface area contributed by atoms with Gasteiger partial charge in [0.25, 0.3) is 0 Å². The minimum Gasteiger partial charge on any atom is -0.369 e. The highest BCUT2D eigenvalue weighted by molar-refractivity contribution is 5.76. The zero-order valence-electron chi connectivity index (χ0n) is 6.17. The molecule has 4 nitrogen and oxygen atoms in total. The summed E-state index contributed by atoms with van der Waals surface area (Å²) in [5.41, 5.74) is 5.03. The Bertz CT molecular complexity index is 99.9. The first kappa shape index (κ1) is 9.39. The van der Waals surface area contributed by atoms with Crippen LogP contribution in [0, 0.1) is 5.92 Å². The van der Waals surface area contributed by atoms with E-state index in [9.17, 15) is 4.79 Å². The maximum atomic E-state index is 10.6. The van der Waals surface area contributed by atoms with Crippen LogP contribution >= 0.6 is 0 Å². The van der Waals surface area contributed by atoms with Crippen LogP contribution in [-0.4, -0.2) is 12.5 Å². The van der Waals surface area contributed by atoms with Crippen LogP contribution in [0.3, 0.4) is 0 Å². The van der Waals surface area contributed by atoms with E-state index in [1.165, 1.54) is 0 Å². The average Bonchev–Trinajstić information content (AvgIpc) is 1.87. The van der Waals surface area contributed by atoms with Gasteiger partial charge in [-0.3, -0.25) is 4.79 Å². The maximum Gasteiger partial charge on any atom is 0.222 e. The van der Waals surface area contributed by atoms with E-state index in [1.54, 1.807) is 0 Å². The van der Waals surface area contributed by atoms with Crippen LogP contribution in [0.2, 0.25) is 0 Å². The van der Waals surface area contributed by atoms with Gasteiger partial charge in [-0.2, -0.15) is 0 Å². The lowest BCUT2D eigenvalue weighted by Gasteiger charge is -2.08. The Kier molecular flexibility index (Phi) is 4.88. The monoisotopic (exact) mass is 146 g/mol. The summed E-state index contributed by atoms with van der Waals surface area (Å²) in [6.45, 7) is 2.20. The topological polar surface area (TPSA) is 78.3 Å². The molecular weight excluding hydrogens is 132 g/mol. The number of amides is 1. The predicted molar refractivity (Wildman–Crippen MR) is 37.7 cm³/mol. The SMILES string of the molecule is CCCC(CON)C(N)=O. The van der Waals surface area contributed by atoms with Crippen molar-refractivity contribution in [3.05, 3.63) is 0 Å². The normalized spacial score (nSPS) is 13.0. The van der Waals surface area contributed by atoms with Gasteiger partial charge in [0.2, 0.25) is 5.91 Å². The third-order valence-corrected chi connectivity index (χ3v) is 1.34. The summed E-state index contributed by atoms with van der Waals surface area (Å²) in [5, 5.41) is 0. The summed E-state index contributed by atoms with van der Waals surface area (Å²) in [6.07, 6.45) is 1.66. The smallest absolute Gasteiger partial charge is 0.222 e. The van der Waals surface area contributed by atoms with Crippen LogP contribution in [0.15, 0.2) is 0 Å². The van der Waals surface area contributed by atoms with Crippen molar-refractivity contribution in [2.45, 2.75) is 19.8 Å². The molecule has 0 heterocycles. The largest absolute Gasteiger partial charge is 0.369 e. The molecule has 0 aliphatic carbocycles. The second kappa shape index (κ2) is 5.20. The van der Waals surface area contributed by atoms with Crippen LogP contribution in [0.5, 0.6) is 0 Å². The van der Waals surface area contributed by atoms with Gasteiger partial charge in [0.05, 0.1) is 12.5 Å². The van der Waals surface area contributed by atoms with Crippen molar-refractivity contribution in [2.24, 2.45) is 17.5 Å².